The summed E-state index contributed by atoms with van der Waals surface area (Å²) in [6.07, 6.45) is 4.51. The van der Waals surface area contributed by atoms with Gasteiger partial charge in [0.05, 0.1) is 5.60 Å². The molecule has 3 heteroatoms. The Morgan fingerprint density at radius 2 is 1.55 bits per heavy atom. The highest BCUT2D eigenvalue weighted by molar-refractivity contribution is 6.24. The van der Waals surface area contributed by atoms with E-state index in [1.807, 2.05) is 13.8 Å². The predicted molar refractivity (Wildman–Crippen MR) is 89.6 cm³/mol. The Bertz CT molecular complexity index is 567. The molecule has 0 aromatic carbocycles. The van der Waals surface area contributed by atoms with Gasteiger partial charge in [-0.25, -0.2) is 0 Å². The molecule has 0 aromatic heterocycles. The van der Waals surface area contributed by atoms with Gasteiger partial charge in [0.15, 0.2) is 11.6 Å². The lowest BCUT2D eigenvalue weighted by atomic mass is 9.82. The topological polar surface area (TPSA) is 54.4 Å². The Kier molecular flexibility index (Phi) is 6.07. The summed E-state index contributed by atoms with van der Waals surface area (Å²) in [5, 5.41) is 10.5. The third-order valence-electron chi connectivity index (χ3n) is 4.46. The van der Waals surface area contributed by atoms with Crippen LogP contribution in [0.1, 0.15) is 67.2 Å². The summed E-state index contributed by atoms with van der Waals surface area (Å²) in [6.45, 7) is 11.0. The molecule has 0 fully saturated rings. The molecule has 1 N–H and O–H groups in total. The molecule has 0 aliphatic heterocycles. The Labute approximate surface area is 133 Å². The third-order valence-corrected chi connectivity index (χ3v) is 4.46. The number of hydrogen-bond donors (Lipinski definition) is 1. The van der Waals surface area contributed by atoms with Gasteiger partial charge < -0.3 is 5.11 Å². The van der Waals surface area contributed by atoms with Crippen molar-refractivity contribution < 1.29 is 14.7 Å². The molecule has 1 rings (SSSR count). The Balaban J connectivity index is 2.77. The minimum atomic E-state index is -0.827. The summed E-state index contributed by atoms with van der Waals surface area (Å²) < 4.78 is 0. The van der Waals surface area contributed by atoms with Gasteiger partial charge in [0.1, 0.15) is 0 Å². The van der Waals surface area contributed by atoms with Crippen LogP contribution in [0.3, 0.4) is 0 Å². The fraction of sp³-hybridized carbons (Fsp3) is 0.579. The number of ketones is 2. The Hall–Kier alpha value is -1.48. The second kappa shape index (κ2) is 7.19. The molecule has 0 saturated heterocycles. The maximum absolute atomic E-state index is 12.4. The molecule has 0 aromatic rings. The van der Waals surface area contributed by atoms with Crippen LogP contribution in [0.25, 0.3) is 0 Å². The van der Waals surface area contributed by atoms with E-state index in [2.05, 4.69) is 6.08 Å². The van der Waals surface area contributed by atoms with Crippen LogP contribution in [0.15, 0.2) is 33.9 Å². The van der Waals surface area contributed by atoms with E-state index in [4.69, 9.17) is 0 Å². The first-order chi connectivity index (χ1) is 10.1. The lowest BCUT2D eigenvalue weighted by Crippen LogP contribution is -2.26. The van der Waals surface area contributed by atoms with Crippen molar-refractivity contribution in [2.45, 2.75) is 72.8 Å². The first-order valence-electron chi connectivity index (χ1n) is 7.89. The van der Waals surface area contributed by atoms with Gasteiger partial charge in [-0.15, -0.1) is 0 Å². The first kappa shape index (κ1) is 18.6. The summed E-state index contributed by atoms with van der Waals surface area (Å²) in [5.41, 5.74) is 2.59. The molecule has 0 unspecified atom stereocenters. The smallest absolute Gasteiger partial charge is 0.185 e. The second-order valence-electron chi connectivity index (χ2n) is 6.83. The first-order valence-corrected chi connectivity index (χ1v) is 7.89. The summed E-state index contributed by atoms with van der Waals surface area (Å²) in [4.78, 5) is 24.5. The third kappa shape index (κ3) is 4.51. The lowest BCUT2D eigenvalue weighted by Gasteiger charge is -2.25. The maximum atomic E-state index is 12.4. The van der Waals surface area contributed by atoms with Crippen LogP contribution in [0.4, 0.5) is 0 Å². The number of allylic oxidation sites excluding steroid dienone is 6. The predicted octanol–water partition coefficient (Wildman–Crippen LogP) is 4.07. The normalized spacial score (nSPS) is 18.7. The molecule has 0 bridgehead atoms. The number of carbonyl (C=O) groups is 2. The molecule has 1 atom stereocenters. The number of hydrogen-bond acceptors (Lipinski definition) is 3. The number of Topliss-reactive ketones (excluding diaryl/α,β-unsaturated/α-hetero) is 2. The van der Waals surface area contributed by atoms with Gasteiger partial charge in [-0.2, -0.15) is 0 Å². The van der Waals surface area contributed by atoms with Crippen LogP contribution in [-0.2, 0) is 9.59 Å². The van der Waals surface area contributed by atoms with Crippen molar-refractivity contribution in [3.63, 3.8) is 0 Å². The molecule has 22 heavy (non-hydrogen) atoms. The van der Waals surface area contributed by atoms with E-state index < -0.39 is 5.60 Å². The highest BCUT2D eigenvalue weighted by atomic mass is 16.3. The Morgan fingerprint density at radius 1 is 1.00 bits per heavy atom. The van der Waals surface area contributed by atoms with Gasteiger partial charge in [-0.1, -0.05) is 11.6 Å². The summed E-state index contributed by atoms with van der Waals surface area (Å²) >= 11 is 0. The van der Waals surface area contributed by atoms with E-state index in [0.29, 0.717) is 41.6 Å². The maximum Gasteiger partial charge on any atom is 0.185 e. The van der Waals surface area contributed by atoms with Gasteiger partial charge in [0, 0.05) is 22.3 Å². The standard InChI is InChI=1S/C19H28O3/c1-12(2)8-7-10-19(6,22)11-9-16-15(5)17(20)13(3)14(4)18(16)21/h8,22H,7,9-11H2,1-6H3/t19-/m0/s1. The number of rotatable bonds is 6. The minimum Gasteiger partial charge on any atom is -0.390 e. The lowest BCUT2D eigenvalue weighted by molar-refractivity contribution is -0.116. The highest BCUT2D eigenvalue weighted by Gasteiger charge is 2.29. The van der Waals surface area contributed by atoms with Crippen molar-refractivity contribution in [3.8, 4) is 0 Å². The Morgan fingerprint density at radius 3 is 2.09 bits per heavy atom. The van der Waals surface area contributed by atoms with Crippen LogP contribution in [0.5, 0.6) is 0 Å². The molecule has 122 valence electrons. The van der Waals surface area contributed by atoms with Gasteiger partial charge in [-0.3, -0.25) is 9.59 Å². The zero-order chi connectivity index (χ0) is 17.1. The van der Waals surface area contributed by atoms with Crippen molar-refractivity contribution in [1.29, 1.82) is 0 Å². The van der Waals surface area contributed by atoms with Crippen molar-refractivity contribution in [2.75, 3.05) is 0 Å². The highest BCUT2D eigenvalue weighted by Crippen LogP contribution is 2.30. The number of carbonyl (C=O) groups excluding carboxylic acids is 2. The zero-order valence-electron chi connectivity index (χ0n) is 14.7. The molecule has 1 aliphatic rings. The molecule has 0 amide bonds. The van der Waals surface area contributed by atoms with Gasteiger partial charge in [-0.05, 0) is 67.2 Å². The second-order valence-corrected chi connectivity index (χ2v) is 6.83. The molecular formula is C19H28O3. The van der Waals surface area contributed by atoms with Gasteiger partial charge in [0.2, 0.25) is 0 Å². The van der Waals surface area contributed by atoms with E-state index in [1.165, 1.54) is 5.57 Å². The van der Waals surface area contributed by atoms with Crippen LogP contribution < -0.4 is 0 Å². The quantitative estimate of drug-likeness (QED) is 0.594. The molecule has 0 saturated carbocycles. The summed E-state index contributed by atoms with van der Waals surface area (Å²) in [5.74, 6) is -0.0917. The SMILES string of the molecule is CC(C)=CCC[C@](C)(O)CCC1=C(C)C(=O)C(C)=C(C)C1=O. The minimum absolute atomic E-state index is 0.0451. The summed E-state index contributed by atoms with van der Waals surface area (Å²) in [6, 6.07) is 0. The van der Waals surface area contributed by atoms with Crippen LogP contribution >= 0.6 is 0 Å². The van der Waals surface area contributed by atoms with Crippen molar-refractivity contribution in [1.82, 2.24) is 0 Å². The monoisotopic (exact) mass is 304 g/mol. The van der Waals surface area contributed by atoms with E-state index in [1.54, 1.807) is 27.7 Å². The molecule has 3 nitrogen and oxygen atoms in total. The summed E-state index contributed by atoms with van der Waals surface area (Å²) in [7, 11) is 0. The van der Waals surface area contributed by atoms with Crippen molar-refractivity contribution >= 4 is 11.6 Å². The fourth-order valence-corrected chi connectivity index (χ4v) is 2.65. The van der Waals surface area contributed by atoms with E-state index in [-0.39, 0.29) is 11.6 Å². The fourth-order valence-electron chi connectivity index (χ4n) is 2.65. The van der Waals surface area contributed by atoms with Crippen LogP contribution in [0, 0.1) is 0 Å². The molecule has 0 heterocycles. The van der Waals surface area contributed by atoms with E-state index in [0.717, 1.165) is 6.42 Å². The average Bonchev–Trinajstić information content (AvgIpc) is 2.42. The van der Waals surface area contributed by atoms with Crippen LogP contribution in [0.2, 0.25) is 0 Å². The average molecular weight is 304 g/mol. The molecule has 0 radical (unpaired) electrons. The zero-order valence-corrected chi connectivity index (χ0v) is 14.7. The molecular weight excluding hydrogens is 276 g/mol. The molecule has 0 spiro atoms. The van der Waals surface area contributed by atoms with Crippen molar-refractivity contribution in [3.05, 3.63) is 33.9 Å². The number of aliphatic hydroxyl groups is 1. The van der Waals surface area contributed by atoms with Gasteiger partial charge >= 0.3 is 0 Å². The van der Waals surface area contributed by atoms with Crippen LogP contribution in [-0.4, -0.2) is 22.3 Å². The van der Waals surface area contributed by atoms with E-state index >= 15 is 0 Å². The van der Waals surface area contributed by atoms with Crippen molar-refractivity contribution in [2.24, 2.45) is 0 Å². The molecule has 1 aliphatic carbocycles. The van der Waals surface area contributed by atoms with Gasteiger partial charge in [0.25, 0.3) is 0 Å². The largest absolute Gasteiger partial charge is 0.390 e. The van der Waals surface area contributed by atoms with E-state index in [9.17, 15) is 14.7 Å².